The number of hydrogen-bond acceptors (Lipinski definition) is 3. The summed E-state index contributed by atoms with van der Waals surface area (Å²) in [5, 5.41) is 6.03. The van der Waals surface area contributed by atoms with Gasteiger partial charge in [-0.25, -0.2) is 4.39 Å². The molecule has 1 amide bonds. The molecule has 2 rings (SSSR count). The minimum atomic E-state index is -0.445. The molecule has 1 aliphatic rings. The normalized spacial score (nSPS) is 21.9. The van der Waals surface area contributed by atoms with E-state index < -0.39 is 11.2 Å². The monoisotopic (exact) mass is 294 g/mol. The lowest BCUT2D eigenvalue weighted by Gasteiger charge is -2.36. The van der Waals surface area contributed by atoms with Crippen LogP contribution in [0.1, 0.15) is 32.6 Å². The summed E-state index contributed by atoms with van der Waals surface area (Å²) in [4.78, 5) is 12.7. The van der Waals surface area contributed by atoms with Gasteiger partial charge < -0.3 is 15.4 Å². The average molecular weight is 294 g/mol. The van der Waals surface area contributed by atoms with Crippen LogP contribution < -0.4 is 15.4 Å². The van der Waals surface area contributed by atoms with E-state index in [1.807, 2.05) is 0 Å². The quantitative estimate of drug-likeness (QED) is 0.878. The van der Waals surface area contributed by atoms with Gasteiger partial charge in [0.05, 0.1) is 18.2 Å². The van der Waals surface area contributed by atoms with Gasteiger partial charge in [0.15, 0.2) is 0 Å². The minimum Gasteiger partial charge on any atom is -0.497 e. The van der Waals surface area contributed by atoms with Gasteiger partial charge in [0.1, 0.15) is 11.6 Å². The van der Waals surface area contributed by atoms with Crippen molar-refractivity contribution in [3.8, 4) is 5.75 Å². The van der Waals surface area contributed by atoms with Crippen molar-refractivity contribution in [2.24, 2.45) is 5.41 Å². The third-order valence-electron chi connectivity index (χ3n) is 4.10. The molecule has 1 aromatic carbocycles. The fraction of sp³-hybridized carbons (Fsp3) is 0.562. The van der Waals surface area contributed by atoms with E-state index in [2.05, 4.69) is 17.6 Å². The number of benzene rings is 1. The predicted molar refractivity (Wildman–Crippen MR) is 81.0 cm³/mol. The Kier molecular flexibility index (Phi) is 5.17. The van der Waals surface area contributed by atoms with Gasteiger partial charge in [-0.15, -0.1) is 0 Å². The molecule has 2 N–H and O–H groups in total. The van der Waals surface area contributed by atoms with E-state index in [1.54, 1.807) is 0 Å². The molecule has 1 heterocycles. The maximum absolute atomic E-state index is 13.9. The summed E-state index contributed by atoms with van der Waals surface area (Å²) in [5.41, 5.74) is -0.261. The largest absolute Gasteiger partial charge is 0.497 e. The van der Waals surface area contributed by atoms with Gasteiger partial charge in [0.25, 0.3) is 0 Å². The molecule has 1 fully saturated rings. The molecule has 0 aromatic heterocycles. The van der Waals surface area contributed by atoms with Gasteiger partial charge in [-0.05, 0) is 37.9 Å². The third-order valence-corrected chi connectivity index (χ3v) is 4.10. The van der Waals surface area contributed by atoms with E-state index in [4.69, 9.17) is 4.74 Å². The van der Waals surface area contributed by atoms with E-state index in [1.165, 1.54) is 25.3 Å². The minimum absolute atomic E-state index is 0.108. The molecule has 1 aliphatic heterocycles. The Balaban J connectivity index is 2.18. The first-order valence-electron chi connectivity index (χ1n) is 7.47. The second kappa shape index (κ2) is 6.89. The smallest absolute Gasteiger partial charge is 0.231 e. The fourth-order valence-electron chi connectivity index (χ4n) is 2.95. The Hall–Kier alpha value is -1.62. The van der Waals surface area contributed by atoms with Gasteiger partial charge in [-0.3, -0.25) is 4.79 Å². The zero-order valence-corrected chi connectivity index (χ0v) is 12.7. The number of carbonyl (C=O) groups excluding carboxylic acids is 1. The first-order valence-corrected chi connectivity index (χ1v) is 7.47. The number of anilines is 1. The molecule has 116 valence electrons. The van der Waals surface area contributed by atoms with E-state index in [-0.39, 0.29) is 11.6 Å². The van der Waals surface area contributed by atoms with E-state index in [0.717, 1.165) is 32.2 Å². The number of ether oxygens (including phenoxy) is 1. The van der Waals surface area contributed by atoms with Crippen molar-refractivity contribution in [2.75, 3.05) is 25.5 Å². The number of nitrogens with one attached hydrogen (secondary N) is 2. The van der Waals surface area contributed by atoms with Gasteiger partial charge >= 0.3 is 0 Å². The standard InChI is InChI=1S/C16H23FN2O2/c1-3-7-16(8-4-9-18-11-16)15(20)19-14-10-12(21-2)5-6-13(14)17/h5-6,10,18H,3-4,7-9,11H2,1-2H3,(H,19,20). The number of amides is 1. The first kappa shape index (κ1) is 15.8. The summed E-state index contributed by atoms with van der Waals surface area (Å²) in [6, 6.07) is 4.36. The van der Waals surface area contributed by atoms with Gasteiger partial charge in [0, 0.05) is 12.6 Å². The molecular formula is C16H23FN2O2. The van der Waals surface area contributed by atoms with E-state index in [9.17, 15) is 9.18 Å². The zero-order chi connectivity index (χ0) is 15.3. The van der Waals surface area contributed by atoms with Crippen molar-refractivity contribution >= 4 is 11.6 Å². The Labute approximate surface area is 125 Å². The second-order valence-corrected chi connectivity index (χ2v) is 5.61. The molecule has 1 aromatic rings. The van der Waals surface area contributed by atoms with E-state index >= 15 is 0 Å². The Morgan fingerprint density at radius 1 is 1.52 bits per heavy atom. The van der Waals surface area contributed by atoms with Gasteiger partial charge in [-0.1, -0.05) is 13.3 Å². The molecule has 5 heteroatoms. The van der Waals surface area contributed by atoms with Crippen LogP contribution in [0.15, 0.2) is 18.2 Å². The number of methoxy groups -OCH3 is 1. The molecule has 4 nitrogen and oxygen atoms in total. The van der Waals surface area contributed by atoms with Gasteiger partial charge in [-0.2, -0.15) is 0 Å². The van der Waals surface area contributed by atoms with Crippen molar-refractivity contribution in [2.45, 2.75) is 32.6 Å². The van der Waals surface area contributed by atoms with Crippen LogP contribution in [0.4, 0.5) is 10.1 Å². The van der Waals surface area contributed by atoms with Crippen molar-refractivity contribution in [1.29, 1.82) is 0 Å². The highest BCUT2D eigenvalue weighted by Gasteiger charge is 2.38. The second-order valence-electron chi connectivity index (χ2n) is 5.61. The number of carbonyl (C=O) groups is 1. The van der Waals surface area contributed by atoms with Gasteiger partial charge in [0.2, 0.25) is 5.91 Å². The molecule has 1 unspecified atom stereocenters. The molecule has 0 bridgehead atoms. The van der Waals surface area contributed by atoms with Crippen molar-refractivity contribution in [3.63, 3.8) is 0 Å². The number of hydrogen-bond donors (Lipinski definition) is 2. The molecule has 0 radical (unpaired) electrons. The average Bonchev–Trinajstić information content (AvgIpc) is 2.50. The predicted octanol–water partition coefficient (Wildman–Crippen LogP) is 2.94. The Morgan fingerprint density at radius 2 is 2.33 bits per heavy atom. The van der Waals surface area contributed by atoms with Crippen molar-refractivity contribution < 1.29 is 13.9 Å². The topological polar surface area (TPSA) is 50.4 Å². The number of halogens is 1. The fourth-order valence-corrected chi connectivity index (χ4v) is 2.95. The summed E-state index contributed by atoms with van der Waals surface area (Å²) >= 11 is 0. The van der Waals surface area contributed by atoms with Crippen LogP contribution in [0.5, 0.6) is 5.75 Å². The molecular weight excluding hydrogens is 271 g/mol. The highest BCUT2D eigenvalue weighted by molar-refractivity contribution is 5.95. The van der Waals surface area contributed by atoms with Crippen LogP contribution in [0.3, 0.4) is 0 Å². The SMILES string of the molecule is CCCC1(C(=O)Nc2cc(OC)ccc2F)CCCNC1. The van der Waals surface area contributed by atoms with E-state index in [0.29, 0.717) is 12.3 Å². The van der Waals surface area contributed by atoms with Crippen LogP contribution in [0, 0.1) is 11.2 Å². The molecule has 0 spiro atoms. The number of piperidine rings is 1. The highest BCUT2D eigenvalue weighted by Crippen LogP contribution is 2.34. The lowest BCUT2D eigenvalue weighted by molar-refractivity contribution is -0.127. The molecule has 1 atom stereocenters. The lowest BCUT2D eigenvalue weighted by atomic mass is 9.76. The third kappa shape index (κ3) is 3.53. The Bertz CT molecular complexity index is 494. The van der Waals surface area contributed by atoms with Crippen molar-refractivity contribution in [3.05, 3.63) is 24.0 Å². The Morgan fingerprint density at radius 3 is 2.95 bits per heavy atom. The highest BCUT2D eigenvalue weighted by atomic mass is 19.1. The summed E-state index contributed by atoms with van der Waals surface area (Å²) in [7, 11) is 1.52. The number of rotatable bonds is 5. The maximum Gasteiger partial charge on any atom is 0.231 e. The lowest BCUT2D eigenvalue weighted by Crippen LogP contribution is -2.48. The van der Waals surface area contributed by atoms with Crippen LogP contribution in [0.25, 0.3) is 0 Å². The van der Waals surface area contributed by atoms with Crippen LogP contribution in [0.2, 0.25) is 0 Å². The van der Waals surface area contributed by atoms with Crippen LogP contribution >= 0.6 is 0 Å². The van der Waals surface area contributed by atoms with Crippen molar-refractivity contribution in [1.82, 2.24) is 5.32 Å². The molecule has 1 saturated heterocycles. The zero-order valence-electron chi connectivity index (χ0n) is 12.7. The summed E-state index contributed by atoms with van der Waals surface area (Å²) < 4.78 is 18.9. The first-order chi connectivity index (χ1) is 10.1. The van der Waals surface area contributed by atoms with Crippen LogP contribution in [-0.4, -0.2) is 26.1 Å². The summed E-state index contributed by atoms with van der Waals surface area (Å²) in [6.07, 6.45) is 3.53. The molecule has 21 heavy (non-hydrogen) atoms. The molecule has 0 aliphatic carbocycles. The maximum atomic E-state index is 13.9. The van der Waals surface area contributed by atoms with Crippen LogP contribution in [-0.2, 0) is 4.79 Å². The summed E-state index contributed by atoms with van der Waals surface area (Å²) in [5.74, 6) is -0.0266. The summed E-state index contributed by atoms with van der Waals surface area (Å²) in [6.45, 7) is 3.65. The molecule has 0 saturated carbocycles.